The molecule has 0 aromatic heterocycles. The Morgan fingerprint density at radius 1 is 0.757 bits per heavy atom. The quantitative estimate of drug-likeness (QED) is 0.229. The minimum Gasteiger partial charge on any atom is -0.408 e. The van der Waals surface area contributed by atoms with Gasteiger partial charge in [0.05, 0.1) is 0 Å². The molecule has 2 nitrogen and oxygen atoms in total. The number of rotatable bonds is 7. The Labute approximate surface area is 229 Å². The lowest BCUT2D eigenvalue weighted by Gasteiger charge is -2.34. The largest absolute Gasteiger partial charge is 0.408 e. The standard InChI is InChI=1S/C33H30O2S2/c1-4-22-34-30-17-11-27(12-18-30)32(28-13-19-31(20-14-28)35-23-5-2)8-6-21-33(36-24-7-25-37-33)29-15-9-26(3)10-16-29/h6,8-21H,7,24-25H2,1-3H3. The van der Waals surface area contributed by atoms with Crippen molar-refractivity contribution in [2.75, 3.05) is 11.5 Å². The minimum absolute atomic E-state index is 0.0827. The third-order valence-corrected chi connectivity index (χ3v) is 9.12. The highest BCUT2D eigenvalue weighted by Crippen LogP contribution is 2.51. The van der Waals surface area contributed by atoms with Gasteiger partial charge < -0.3 is 9.47 Å². The van der Waals surface area contributed by atoms with Crippen molar-refractivity contribution in [3.8, 4) is 35.6 Å². The molecule has 37 heavy (non-hydrogen) atoms. The van der Waals surface area contributed by atoms with Crippen LogP contribution in [0.5, 0.6) is 11.5 Å². The summed E-state index contributed by atoms with van der Waals surface area (Å²) in [5, 5.41) is 0. The van der Waals surface area contributed by atoms with Crippen molar-refractivity contribution in [1.82, 2.24) is 0 Å². The summed E-state index contributed by atoms with van der Waals surface area (Å²) >= 11 is 4.04. The number of aryl methyl sites for hydroxylation is 1. The molecule has 0 aliphatic carbocycles. The predicted octanol–water partition coefficient (Wildman–Crippen LogP) is 8.43. The van der Waals surface area contributed by atoms with E-state index < -0.39 is 0 Å². The highest BCUT2D eigenvalue weighted by molar-refractivity contribution is 8.18. The van der Waals surface area contributed by atoms with Gasteiger partial charge in [-0.2, -0.15) is 0 Å². The van der Waals surface area contributed by atoms with E-state index in [1.54, 1.807) is 13.8 Å². The second-order valence-corrected chi connectivity index (χ2v) is 11.4. The fourth-order valence-electron chi connectivity index (χ4n) is 3.95. The second kappa shape index (κ2) is 13.2. The number of benzene rings is 3. The first kappa shape index (κ1) is 26.6. The van der Waals surface area contributed by atoms with Gasteiger partial charge in [-0.3, -0.25) is 0 Å². The van der Waals surface area contributed by atoms with E-state index in [0.29, 0.717) is 0 Å². The van der Waals surface area contributed by atoms with E-state index in [1.165, 1.54) is 17.5 Å². The van der Waals surface area contributed by atoms with Gasteiger partial charge in [-0.1, -0.05) is 84.2 Å². The van der Waals surface area contributed by atoms with Crippen LogP contribution < -0.4 is 9.47 Å². The summed E-state index contributed by atoms with van der Waals surface area (Å²) in [6.45, 7) is 5.65. The molecule has 0 saturated carbocycles. The molecule has 1 fully saturated rings. The average molecular weight is 523 g/mol. The van der Waals surface area contributed by atoms with E-state index in [1.807, 2.05) is 47.8 Å². The number of allylic oxidation sites excluding steroid dienone is 2. The summed E-state index contributed by atoms with van der Waals surface area (Å²) in [5.41, 5.74) is 5.93. The van der Waals surface area contributed by atoms with Gasteiger partial charge in [0.1, 0.15) is 27.8 Å². The van der Waals surface area contributed by atoms with Crippen LogP contribution in [0, 0.1) is 31.0 Å². The van der Waals surface area contributed by atoms with E-state index in [0.717, 1.165) is 39.7 Å². The molecule has 1 aliphatic heterocycles. The number of hydrogen-bond donors (Lipinski definition) is 0. The minimum atomic E-state index is -0.0827. The van der Waals surface area contributed by atoms with Gasteiger partial charge in [-0.15, -0.1) is 23.5 Å². The van der Waals surface area contributed by atoms with Crippen molar-refractivity contribution in [3.05, 3.63) is 113 Å². The van der Waals surface area contributed by atoms with Gasteiger partial charge in [0, 0.05) is 13.8 Å². The molecule has 1 aliphatic rings. The Bertz CT molecular complexity index is 1290. The van der Waals surface area contributed by atoms with Crippen molar-refractivity contribution < 1.29 is 9.47 Å². The van der Waals surface area contributed by atoms with Crippen LogP contribution in [0.15, 0.2) is 91.0 Å². The van der Waals surface area contributed by atoms with Crippen molar-refractivity contribution in [2.24, 2.45) is 0 Å². The zero-order chi connectivity index (χ0) is 25.9. The highest BCUT2D eigenvalue weighted by Gasteiger charge is 2.32. The molecule has 0 radical (unpaired) electrons. The first-order valence-electron chi connectivity index (χ1n) is 12.3. The lowest BCUT2D eigenvalue weighted by Crippen LogP contribution is -2.20. The zero-order valence-electron chi connectivity index (χ0n) is 21.4. The summed E-state index contributed by atoms with van der Waals surface area (Å²) < 4.78 is 10.8. The van der Waals surface area contributed by atoms with Crippen LogP contribution in [-0.4, -0.2) is 11.5 Å². The fraction of sp³-hybridized carbons (Fsp3) is 0.212. The van der Waals surface area contributed by atoms with Crippen molar-refractivity contribution in [1.29, 1.82) is 0 Å². The molecule has 0 spiro atoms. The Morgan fingerprint density at radius 2 is 1.27 bits per heavy atom. The molecule has 4 rings (SSSR count). The molecule has 0 atom stereocenters. The molecule has 3 aromatic carbocycles. The highest BCUT2D eigenvalue weighted by atomic mass is 32.2. The molecular formula is C33H30O2S2. The van der Waals surface area contributed by atoms with Crippen LogP contribution in [0.1, 0.15) is 42.5 Å². The summed E-state index contributed by atoms with van der Waals surface area (Å²) in [5.74, 6) is 9.29. The van der Waals surface area contributed by atoms with Gasteiger partial charge in [0.2, 0.25) is 0 Å². The van der Waals surface area contributed by atoms with E-state index >= 15 is 0 Å². The number of thioether (sulfide) groups is 2. The third-order valence-electron chi connectivity index (χ3n) is 5.83. The zero-order valence-corrected chi connectivity index (χ0v) is 23.0. The number of ether oxygens (including phenoxy) is 2. The Kier molecular flexibility index (Phi) is 9.50. The monoisotopic (exact) mass is 522 g/mol. The molecule has 1 saturated heterocycles. The van der Waals surface area contributed by atoms with Crippen LogP contribution in [0.3, 0.4) is 0 Å². The maximum Gasteiger partial charge on any atom is 0.140 e. The van der Waals surface area contributed by atoms with E-state index in [9.17, 15) is 0 Å². The maximum atomic E-state index is 5.45. The maximum absolute atomic E-state index is 5.45. The molecule has 4 heteroatoms. The Balaban J connectivity index is 1.70. The van der Waals surface area contributed by atoms with E-state index in [-0.39, 0.29) is 4.08 Å². The van der Waals surface area contributed by atoms with E-state index in [4.69, 9.17) is 9.47 Å². The Hall–Kier alpha value is -3.44. The van der Waals surface area contributed by atoms with Gasteiger partial charge in [0.15, 0.2) is 0 Å². The molecule has 0 bridgehead atoms. The molecule has 0 N–H and O–H groups in total. The van der Waals surface area contributed by atoms with Gasteiger partial charge >= 0.3 is 0 Å². The third kappa shape index (κ3) is 7.07. The van der Waals surface area contributed by atoms with Crippen LogP contribution in [0.2, 0.25) is 0 Å². The van der Waals surface area contributed by atoms with Crippen molar-refractivity contribution in [3.63, 3.8) is 0 Å². The summed E-state index contributed by atoms with van der Waals surface area (Å²) in [6, 6.07) is 25.0. The van der Waals surface area contributed by atoms with Crippen LogP contribution >= 0.6 is 23.5 Å². The average Bonchev–Trinajstić information content (AvgIpc) is 2.95. The fourth-order valence-corrected chi connectivity index (χ4v) is 7.10. The van der Waals surface area contributed by atoms with Crippen molar-refractivity contribution in [2.45, 2.75) is 31.3 Å². The lowest BCUT2D eigenvalue weighted by atomic mass is 9.97. The van der Waals surface area contributed by atoms with Gasteiger partial charge in [-0.25, -0.2) is 0 Å². The molecule has 0 unspecified atom stereocenters. The van der Waals surface area contributed by atoms with Crippen LogP contribution in [0.25, 0.3) is 5.57 Å². The lowest BCUT2D eigenvalue weighted by molar-refractivity contribution is 0.519. The van der Waals surface area contributed by atoms with Gasteiger partial charge in [0.25, 0.3) is 0 Å². The van der Waals surface area contributed by atoms with Crippen LogP contribution in [0.4, 0.5) is 0 Å². The first-order chi connectivity index (χ1) is 18.1. The molecule has 186 valence electrons. The molecule has 1 heterocycles. The first-order valence-corrected chi connectivity index (χ1v) is 14.2. The summed E-state index contributed by atoms with van der Waals surface area (Å²) in [6.07, 6.45) is 13.3. The molecule has 3 aromatic rings. The summed E-state index contributed by atoms with van der Waals surface area (Å²) in [7, 11) is 0. The topological polar surface area (TPSA) is 18.5 Å². The van der Waals surface area contributed by atoms with Gasteiger partial charge in [-0.05, 0) is 71.4 Å². The molecule has 0 amide bonds. The van der Waals surface area contributed by atoms with E-state index in [2.05, 4.69) is 97.7 Å². The smallest absolute Gasteiger partial charge is 0.140 e. The normalized spacial score (nSPS) is 14.0. The van der Waals surface area contributed by atoms with Crippen molar-refractivity contribution >= 4 is 29.1 Å². The predicted molar refractivity (Wildman–Crippen MR) is 160 cm³/mol. The number of hydrogen-bond acceptors (Lipinski definition) is 4. The SMILES string of the molecule is CC#COc1ccc(C(=CC=CC2(c3ccc(C)cc3)SCCCS2)c2ccc(OC#CC)cc2)cc1. The second-order valence-electron chi connectivity index (χ2n) is 8.48. The van der Waals surface area contributed by atoms with Crippen LogP contribution in [-0.2, 0) is 4.08 Å². The molecular weight excluding hydrogens is 492 g/mol. The summed E-state index contributed by atoms with van der Waals surface area (Å²) in [4.78, 5) is 0. The Morgan fingerprint density at radius 3 is 1.76 bits per heavy atom.